The van der Waals surface area contributed by atoms with Crippen molar-refractivity contribution in [2.45, 2.75) is 37.9 Å². The Labute approximate surface area is 103 Å². The van der Waals surface area contributed by atoms with Crippen LogP contribution in [0.2, 0.25) is 0 Å². The summed E-state index contributed by atoms with van der Waals surface area (Å²) < 4.78 is 7.17. The molecule has 0 aromatic carbocycles. The van der Waals surface area contributed by atoms with E-state index in [4.69, 9.17) is 10.5 Å². The Kier molecular flexibility index (Phi) is 4.20. The number of nitrogens with two attached hydrogens (primary N) is 1. The van der Waals surface area contributed by atoms with Gasteiger partial charge in [0.05, 0.1) is 9.89 Å². The van der Waals surface area contributed by atoms with Crippen molar-refractivity contribution in [3.8, 4) is 0 Å². The molecule has 4 heteroatoms. The van der Waals surface area contributed by atoms with Gasteiger partial charge in [-0.15, -0.1) is 11.3 Å². The van der Waals surface area contributed by atoms with Gasteiger partial charge in [0.2, 0.25) is 0 Å². The molecule has 1 aromatic rings. The third-order valence-electron chi connectivity index (χ3n) is 2.78. The molecule has 1 fully saturated rings. The van der Waals surface area contributed by atoms with Crippen molar-refractivity contribution in [1.29, 1.82) is 0 Å². The van der Waals surface area contributed by atoms with Crippen LogP contribution in [0, 0.1) is 0 Å². The van der Waals surface area contributed by atoms with Crippen LogP contribution in [0.25, 0.3) is 0 Å². The minimum atomic E-state index is 0.0874. The van der Waals surface area contributed by atoms with E-state index < -0.39 is 0 Å². The van der Waals surface area contributed by atoms with Crippen LogP contribution < -0.4 is 5.73 Å². The fourth-order valence-electron chi connectivity index (χ4n) is 2.00. The SMILES string of the molecule is NCC(OC1CCCC1)c1ccc(Br)s1. The van der Waals surface area contributed by atoms with Gasteiger partial charge in [0.25, 0.3) is 0 Å². The maximum Gasteiger partial charge on any atom is 0.104 e. The van der Waals surface area contributed by atoms with Crippen molar-refractivity contribution < 1.29 is 4.74 Å². The summed E-state index contributed by atoms with van der Waals surface area (Å²) >= 11 is 5.18. The van der Waals surface area contributed by atoms with E-state index in [1.165, 1.54) is 30.6 Å². The molecule has 0 aliphatic heterocycles. The van der Waals surface area contributed by atoms with E-state index >= 15 is 0 Å². The molecule has 2 rings (SSSR count). The highest BCUT2D eigenvalue weighted by molar-refractivity contribution is 9.11. The van der Waals surface area contributed by atoms with Crippen molar-refractivity contribution in [3.05, 3.63) is 20.8 Å². The second-order valence-corrected chi connectivity index (χ2v) is 6.40. The minimum Gasteiger partial charge on any atom is -0.368 e. The van der Waals surface area contributed by atoms with E-state index in [0.717, 1.165) is 3.79 Å². The summed E-state index contributed by atoms with van der Waals surface area (Å²) in [5.41, 5.74) is 5.76. The first-order valence-corrected chi connectivity index (χ1v) is 7.01. The summed E-state index contributed by atoms with van der Waals surface area (Å²) in [7, 11) is 0. The lowest BCUT2D eigenvalue weighted by atomic mass is 10.2. The zero-order chi connectivity index (χ0) is 10.7. The van der Waals surface area contributed by atoms with Crippen LogP contribution in [0.4, 0.5) is 0 Å². The first-order valence-electron chi connectivity index (χ1n) is 5.40. The lowest BCUT2D eigenvalue weighted by molar-refractivity contribution is -0.00248. The molecule has 2 N–H and O–H groups in total. The average molecular weight is 290 g/mol. The molecule has 2 nitrogen and oxygen atoms in total. The highest BCUT2D eigenvalue weighted by Gasteiger charge is 2.21. The Bertz CT molecular complexity index is 309. The first kappa shape index (κ1) is 11.6. The predicted molar refractivity (Wildman–Crippen MR) is 67.2 cm³/mol. The van der Waals surface area contributed by atoms with Crippen LogP contribution in [0.5, 0.6) is 0 Å². The van der Waals surface area contributed by atoms with Gasteiger partial charge in [-0.1, -0.05) is 12.8 Å². The van der Waals surface area contributed by atoms with Gasteiger partial charge >= 0.3 is 0 Å². The molecule has 1 heterocycles. The summed E-state index contributed by atoms with van der Waals surface area (Å²) in [6, 6.07) is 4.15. The number of ether oxygens (including phenoxy) is 1. The third kappa shape index (κ3) is 3.03. The van der Waals surface area contributed by atoms with Crippen LogP contribution in [-0.2, 0) is 4.74 Å². The van der Waals surface area contributed by atoms with Crippen LogP contribution >= 0.6 is 27.3 Å². The maximum absolute atomic E-state index is 6.02. The molecule has 1 aliphatic rings. The van der Waals surface area contributed by atoms with Gasteiger partial charge in [-0.3, -0.25) is 0 Å². The van der Waals surface area contributed by atoms with Crippen molar-refractivity contribution in [3.63, 3.8) is 0 Å². The summed E-state index contributed by atoms with van der Waals surface area (Å²) in [6.07, 6.45) is 5.52. The zero-order valence-corrected chi connectivity index (χ0v) is 11.0. The lowest BCUT2D eigenvalue weighted by Crippen LogP contribution is -2.20. The summed E-state index contributed by atoms with van der Waals surface area (Å²) in [5.74, 6) is 0. The maximum atomic E-state index is 6.02. The molecular formula is C11H16BrNOS. The molecule has 1 aromatic heterocycles. The van der Waals surface area contributed by atoms with E-state index in [0.29, 0.717) is 12.6 Å². The molecule has 1 aliphatic carbocycles. The average Bonchev–Trinajstić information content (AvgIpc) is 2.85. The first-order chi connectivity index (χ1) is 7.29. The number of hydrogen-bond acceptors (Lipinski definition) is 3. The monoisotopic (exact) mass is 289 g/mol. The third-order valence-corrected chi connectivity index (χ3v) is 4.50. The molecule has 0 amide bonds. The van der Waals surface area contributed by atoms with E-state index in [-0.39, 0.29) is 6.10 Å². The Morgan fingerprint density at radius 3 is 2.73 bits per heavy atom. The molecule has 0 spiro atoms. The van der Waals surface area contributed by atoms with Gasteiger partial charge in [0.1, 0.15) is 6.10 Å². The second kappa shape index (κ2) is 5.43. The van der Waals surface area contributed by atoms with Gasteiger partial charge in [0, 0.05) is 11.4 Å². The molecule has 1 saturated carbocycles. The van der Waals surface area contributed by atoms with Crippen LogP contribution in [0.15, 0.2) is 15.9 Å². The summed E-state index contributed by atoms with van der Waals surface area (Å²) in [6.45, 7) is 0.573. The highest BCUT2D eigenvalue weighted by Crippen LogP contribution is 2.32. The molecule has 0 radical (unpaired) electrons. The Morgan fingerprint density at radius 2 is 2.20 bits per heavy atom. The van der Waals surface area contributed by atoms with Gasteiger partial charge in [-0.05, 0) is 40.9 Å². The predicted octanol–water partition coefficient (Wildman–Crippen LogP) is 3.47. The Balaban J connectivity index is 1.97. The van der Waals surface area contributed by atoms with Crippen molar-refractivity contribution >= 4 is 27.3 Å². The number of halogens is 1. The largest absolute Gasteiger partial charge is 0.368 e. The van der Waals surface area contributed by atoms with Gasteiger partial charge in [0.15, 0.2) is 0 Å². The molecule has 1 unspecified atom stereocenters. The van der Waals surface area contributed by atoms with E-state index in [1.807, 2.05) is 0 Å². The van der Waals surface area contributed by atoms with Crippen LogP contribution in [-0.4, -0.2) is 12.6 Å². The number of thiophene rings is 1. The zero-order valence-electron chi connectivity index (χ0n) is 8.62. The Morgan fingerprint density at radius 1 is 1.47 bits per heavy atom. The molecule has 84 valence electrons. The fourth-order valence-corrected chi connectivity index (χ4v) is 3.47. The summed E-state index contributed by atoms with van der Waals surface area (Å²) in [4.78, 5) is 1.23. The molecule has 1 atom stereocenters. The lowest BCUT2D eigenvalue weighted by Gasteiger charge is -2.19. The quantitative estimate of drug-likeness (QED) is 0.921. The standard InChI is InChI=1S/C11H16BrNOS/c12-11-6-5-10(15-11)9(7-13)14-8-3-1-2-4-8/h5-6,8-9H,1-4,7,13H2. The van der Waals surface area contributed by atoms with E-state index in [2.05, 4.69) is 28.1 Å². The molecule has 0 saturated heterocycles. The van der Waals surface area contributed by atoms with Crippen molar-refractivity contribution in [1.82, 2.24) is 0 Å². The second-order valence-electron chi connectivity index (χ2n) is 3.91. The normalized spacial score (nSPS) is 19.6. The number of hydrogen-bond donors (Lipinski definition) is 1. The van der Waals surface area contributed by atoms with Crippen LogP contribution in [0.1, 0.15) is 36.7 Å². The topological polar surface area (TPSA) is 35.2 Å². The Hall–Kier alpha value is 0.1000. The number of rotatable bonds is 4. The van der Waals surface area contributed by atoms with Crippen LogP contribution in [0.3, 0.4) is 0 Å². The molecule has 0 bridgehead atoms. The van der Waals surface area contributed by atoms with Gasteiger partial charge in [-0.25, -0.2) is 0 Å². The molecular weight excluding hydrogens is 274 g/mol. The van der Waals surface area contributed by atoms with Gasteiger partial charge < -0.3 is 10.5 Å². The van der Waals surface area contributed by atoms with Crippen molar-refractivity contribution in [2.75, 3.05) is 6.54 Å². The fraction of sp³-hybridized carbons (Fsp3) is 0.636. The van der Waals surface area contributed by atoms with Crippen molar-refractivity contribution in [2.24, 2.45) is 5.73 Å². The molecule has 15 heavy (non-hydrogen) atoms. The smallest absolute Gasteiger partial charge is 0.104 e. The van der Waals surface area contributed by atoms with Gasteiger partial charge in [-0.2, -0.15) is 0 Å². The van der Waals surface area contributed by atoms with E-state index in [1.54, 1.807) is 11.3 Å². The minimum absolute atomic E-state index is 0.0874. The van der Waals surface area contributed by atoms with E-state index in [9.17, 15) is 0 Å². The summed E-state index contributed by atoms with van der Waals surface area (Å²) in [5, 5.41) is 0. The highest BCUT2D eigenvalue weighted by atomic mass is 79.9.